The van der Waals surface area contributed by atoms with Crippen LogP contribution in [-0.4, -0.2) is 4.98 Å². The van der Waals surface area contributed by atoms with Crippen LogP contribution in [0.1, 0.15) is 48.7 Å². The Balaban J connectivity index is 2.05. The third-order valence-electron chi connectivity index (χ3n) is 2.66. The summed E-state index contributed by atoms with van der Waals surface area (Å²) in [5.74, 6) is 1.29. The number of nitrogens with zero attached hydrogens (tertiary/aromatic N) is 1. The van der Waals surface area contributed by atoms with E-state index in [2.05, 4.69) is 10.4 Å². The van der Waals surface area contributed by atoms with E-state index in [1.54, 1.807) is 11.3 Å². The maximum absolute atomic E-state index is 5.72. The van der Waals surface area contributed by atoms with Crippen molar-refractivity contribution in [2.45, 2.75) is 43.9 Å². The summed E-state index contributed by atoms with van der Waals surface area (Å²) in [5.41, 5.74) is 1.05. The van der Waals surface area contributed by atoms with E-state index in [9.17, 15) is 0 Å². The van der Waals surface area contributed by atoms with Gasteiger partial charge < -0.3 is 0 Å². The van der Waals surface area contributed by atoms with Crippen LogP contribution in [0.25, 0.3) is 0 Å². The molecule has 0 aliphatic heterocycles. The molecule has 1 aromatic heterocycles. The molecular weight excluding hydrogens is 202 g/mol. The average Bonchev–Trinajstić information content (AvgIpc) is 2.67. The molecule has 0 saturated heterocycles. The van der Waals surface area contributed by atoms with Gasteiger partial charge >= 0.3 is 0 Å². The minimum absolute atomic E-state index is 0.559. The van der Waals surface area contributed by atoms with Gasteiger partial charge in [0.1, 0.15) is 0 Å². The molecule has 0 unspecified atom stereocenters. The Bertz CT molecular complexity index is 266. The van der Waals surface area contributed by atoms with Crippen molar-refractivity contribution in [3.63, 3.8) is 0 Å². The Morgan fingerprint density at radius 2 is 2.15 bits per heavy atom. The molecule has 0 bridgehead atoms. The summed E-state index contributed by atoms with van der Waals surface area (Å²) in [6.07, 6.45) is 6.82. The molecule has 0 aromatic carbocycles. The second-order valence-corrected chi connectivity index (χ2v) is 4.80. The van der Waals surface area contributed by atoms with Crippen LogP contribution >= 0.6 is 22.9 Å². The van der Waals surface area contributed by atoms with E-state index < -0.39 is 0 Å². The lowest BCUT2D eigenvalue weighted by atomic mass is 9.90. The van der Waals surface area contributed by atoms with Gasteiger partial charge in [-0.25, -0.2) is 4.98 Å². The van der Waals surface area contributed by atoms with E-state index in [1.807, 2.05) is 0 Å². The summed E-state index contributed by atoms with van der Waals surface area (Å²) in [4.78, 5) is 4.54. The van der Waals surface area contributed by atoms with E-state index in [0.717, 1.165) is 11.6 Å². The van der Waals surface area contributed by atoms with Gasteiger partial charge in [-0.1, -0.05) is 19.3 Å². The number of hydrogen-bond acceptors (Lipinski definition) is 2. The number of thiazole rings is 1. The molecule has 3 heteroatoms. The third kappa shape index (κ3) is 2.23. The lowest BCUT2D eigenvalue weighted by Gasteiger charge is -2.18. The molecule has 1 heterocycles. The van der Waals surface area contributed by atoms with Crippen molar-refractivity contribution in [3.8, 4) is 0 Å². The molecule has 1 aliphatic carbocycles. The number of aromatic nitrogens is 1. The fourth-order valence-electron chi connectivity index (χ4n) is 1.92. The molecule has 2 rings (SSSR count). The summed E-state index contributed by atoms with van der Waals surface area (Å²) < 4.78 is 0. The van der Waals surface area contributed by atoms with Gasteiger partial charge in [0.25, 0.3) is 0 Å². The number of rotatable bonds is 2. The predicted molar refractivity (Wildman–Crippen MR) is 57.5 cm³/mol. The minimum Gasteiger partial charge on any atom is -0.245 e. The fourth-order valence-corrected chi connectivity index (χ4v) is 3.14. The van der Waals surface area contributed by atoms with Gasteiger partial charge in [0, 0.05) is 11.3 Å². The average molecular weight is 216 g/mol. The largest absolute Gasteiger partial charge is 0.245 e. The maximum atomic E-state index is 5.72. The highest BCUT2D eigenvalue weighted by molar-refractivity contribution is 7.09. The summed E-state index contributed by atoms with van der Waals surface area (Å²) in [5, 5.41) is 3.41. The lowest BCUT2D eigenvalue weighted by Crippen LogP contribution is -2.03. The second-order valence-electron chi connectivity index (χ2n) is 3.65. The molecule has 0 N–H and O–H groups in total. The summed E-state index contributed by atoms with van der Waals surface area (Å²) in [6, 6.07) is 0. The van der Waals surface area contributed by atoms with Gasteiger partial charge in [-0.2, -0.15) is 0 Å². The van der Waals surface area contributed by atoms with Crippen molar-refractivity contribution in [1.29, 1.82) is 0 Å². The topological polar surface area (TPSA) is 12.9 Å². The van der Waals surface area contributed by atoms with Crippen LogP contribution < -0.4 is 0 Å². The minimum atomic E-state index is 0.559. The van der Waals surface area contributed by atoms with Gasteiger partial charge in [-0.3, -0.25) is 0 Å². The molecular formula is C10H14ClNS. The van der Waals surface area contributed by atoms with E-state index in [0.29, 0.717) is 5.88 Å². The Morgan fingerprint density at radius 1 is 1.38 bits per heavy atom. The molecule has 0 spiro atoms. The quantitative estimate of drug-likeness (QED) is 0.682. The Kier molecular flexibility index (Phi) is 3.23. The molecule has 1 aliphatic rings. The van der Waals surface area contributed by atoms with Crippen molar-refractivity contribution in [2.24, 2.45) is 0 Å². The molecule has 0 radical (unpaired) electrons. The van der Waals surface area contributed by atoms with Crippen LogP contribution in [0, 0.1) is 0 Å². The van der Waals surface area contributed by atoms with Gasteiger partial charge in [0.15, 0.2) is 0 Å². The standard InChI is InChI=1S/C10H14ClNS/c11-6-9-7-13-10(12-9)8-4-2-1-3-5-8/h7-8H,1-6H2. The van der Waals surface area contributed by atoms with E-state index in [4.69, 9.17) is 11.6 Å². The molecule has 0 amide bonds. The SMILES string of the molecule is ClCc1csc(C2CCCCC2)n1. The zero-order valence-corrected chi connectivity index (χ0v) is 9.20. The predicted octanol–water partition coefficient (Wildman–Crippen LogP) is 3.93. The second kappa shape index (κ2) is 4.43. The van der Waals surface area contributed by atoms with Crippen molar-refractivity contribution >= 4 is 22.9 Å². The summed E-state index contributed by atoms with van der Waals surface area (Å²) in [6.45, 7) is 0. The highest BCUT2D eigenvalue weighted by Gasteiger charge is 2.18. The lowest BCUT2D eigenvalue weighted by molar-refractivity contribution is 0.442. The number of hydrogen-bond donors (Lipinski definition) is 0. The third-order valence-corrected chi connectivity index (χ3v) is 3.99. The van der Waals surface area contributed by atoms with Crippen molar-refractivity contribution < 1.29 is 0 Å². The Labute approximate surface area is 88.1 Å². The molecule has 1 nitrogen and oxygen atoms in total. The molecule has 72 valence electrons. The highest BCUT2D eigenvalue weighted by Crippen LogP contribution is 2.34. The van der Waals surface area contributed by atoms with E-state index >= 15 is 0 Å². The normalized spacial score (nSPS) is 19.2. The molecule has 1 fully saturated rings. The van der Waals surface area contributed by atoms with Gasteiger partial charge in [0.05, 0.1) is 16.6 Å². The van der Waals surface area contributed by atoms with E-state index in [-0.39, 0.29) is 0 Å². The summed E-state index contributed by atoms with van der Waals surface area (Å²) >= 11 is 7.51. The zero-order chi connectivity index (χ0) is 9.10. The summed E-state index contributed by atoms with van der Waals surface area (Å²) in [7, 11) is 0. The van der Waals surface area contributed by atoms with Crippen LogP contribution in [0.2, 0.25) is 0 Å². The van der Waals surface area contributed by atoms with Crippen LogP contribution in [0.5, 0.6) is 0 Å². The van der Waals surface area contributed by atoms with Crippen molar-refractivity contribution in [2.75, 3.05) is 0 Å². The van der Waals surface area contributed by atoms with E-state index in [1.165, 1.54) is 37.1 Å². The molecule has 0 atom stereocenters. The van der Waals surface area contributed by atoms with Gasteiger partial charge in [0.2, 0.25) is 0 Å². The number of halogens is 1. The first-order valence-electron chi connectivity index (χ1n) is 4.90. The molecule has 1 saturated carbocycles. The highest BCUT2D eigenvalue weighted by atomic mass is 35.5. The smallest absolute Gasteiger partial charge is 0.0959 e. The fraction of sp³-hybridized carbons (Fsp3) is 0.700. The maximum Gasteiger partial charge on any atom is 0.0959 e. The first kappa shape index (κ1) is 9.47. The van der Waals surface area contributed by atoms with Crippen LogP contribution in [0.4, 0.5) is 0 Å². The molecule has 13 heavy (non-hydrogen) atoms. The van der Waals surface area contributed by atoms with Crippen LogP contribution in [0.15, 0.2) is 5.38 Å². The zero-order valence-electron chi connectivity index (χ0n) is 7.63. The Morgan fingerprint density at radius 3 is 2.77 bits per heavy atom. The van der Waals surface area contributed by atoms with Crippen LogP contribution in [0.3, 0.4) is 0 Å². The van der Waals surface area contributed by atoms with Crippen LogP contribution in [-0.2, 0) is 5.88 Å². The monoisotopic (exact) mass is 215 g/mol. The first-order valence-corrected chi connectivity index (χ1v) is 6.32. The van der Waals surface area contributed by atoms with Crippen molar-refractivity contribution in [1.82, 2.24) is 4.98 Å². The van der Waals surface area contributed by atoms with Gasteiger partial charge in [-0.15, -0.1) is 22.9 Å². The molecule has 1 aromatic rings. The van der Waals surface area contributed by atoms with Gasteiger partial charge in [-0.05, 0) is 12.8 Å². The Hall–Kier alpha value is -0.0800. The number of alkyl halides is 1. The first-order chi connectivity index (χ1) is 6.40. The van der Waals surface area contributed by atoms with Crippen molar-refractivity contribution in [3.05, 3.63) is 16.1 Å².